The summed E-state index contributed by atoms with van der Waals surface area (Å²) >= 11 is 3.32. The molecule has 1 aliphatic rings. The van der Waals surface area contributed by atoms with Crippen LogP contribution in [0.5, 0.6) is 0 Å². The van der Waals surface area contributed by atoms with E-state index in [0.717, 1.165) is 4.47 Å². The van der Waals surface area contributed by atoms with Crippen LogP contribution in [0.4, 0.5) is 4.79 Å². The van der Waals surface area contributed by atoms with Crippen molar-refractivity contribution in [3.63, 3.8) is 0 Å². The Kier molecular flexibility index (Phi) is 4.79. The number of hydrogen-bond acceptors (Lipinski definition) is 3. The highest BCUT2D eigenvalue weighted by atomic mass is 79.9. The van der Waals surface area contributed by atoms with Crippen LogP contribution in [0.15, 0.2) is 16.9 Å². The number of hydrogen-bond donors (Lipinski definition) is 0. The summed E-state index contributed by atoms with van der Waals surface area (Å²) in [6.07, 6.45) is 3.43. The summed E-state index contributed by atoms with van der Waals surface area (Å²) in [4.78, 5) is 29.8. The zero-order valence-corrected chi connectivity index (χ0v) is 15.0. The fraction of sp³-hybridized carbons (Fsp3) is 0.643. The van der Waals surface area contributed by atoms with Crippen molar-refractivity contribution in [2.45, 2.75) is 25.9 Å². The monoisotopic (exact) mass is 371 g/mol. The third-order valence-corrected chi connectivity index (χ3v) is 4.16. The third kappa shape index (κ3) is 3.60. The smallest absolute Gasteiger partial charge is 0.319 e. The van der Waals surface area contributed by atoms with E-state index in [4.69, 9.17) is 0 Å². The molecular formula is C14H22BrN5O2. The molecule has 0 saturated carbocycles. The Morgan fingerprint density at radius 1 is 1.36 bits per heavy atom. The Morgan fingerprint density at radius 2 is 2.05 bits per heavy atom. The minimum absolute atomic E-state index is 0.0116. The molecule has 0 N–H and O–H groups in total. The second-order valence-corrected chi connectivity index (χ2v) is 7.23. The summed E-state index contributed by atoms with van der Waals surface area (Å²) in [6, 6.07) is -0.0174. The van der Waals surface area contributed by atoms with Gasteiger partial charge in [-0.15, -0.1) is 0 Å². The molecule has 22 heavy (non-hydrogen) atoms. The Labute approximate surface area is 139 Å². The molecule has 0 bridgehead atoms. The summed E-state index contributed by atoms with van der Waals surface area (Å²) in [5.41, 5.74) is -0.397. The quantitative estimate of drug-likeness (QED) is 0.785. The summed E-state index contributed by atoms with van der Waals surface area (Å²) in [5.74, 6) is 0.0116. The van der Waals surface area contributed by atoms with Gasteiger partial charge in [0.05, 0.1) is 16.2 Å². The number of amides is 3. The van der Waals surface area contributed by atoms with Gasteiger partial charge in [0.25, 0.3) is 0 Å². The molecule has 0 spiro atoms. The van der Waals surface area contributed by atoms with Gasteiger partial charge in [0, 0.05) is 39.9 Å². The summed E-state index contributed by atoms with van der Waals surface area (Å²) in [6.45, 7) is 5.79. The second kappa shape index (κ2) is 6.28. The van der Waals surface area contributed by atoms with Gasteiger partial charge in [-0.2, -0.15) is 5.10 Å². The lowest BCUT2D eigenvalue weighted by molar-refractivity contribution is -0.140. The summed E-state index contributed by atoms with van der Waals surface area (Å²) in [7, 11) is 3.48. The molecule has 1 aromatic rings. The van der Waals surface area contributed by atoms with E-state index in [9.17, 15) is 9.59 Å². The number of nitrogens with zero attached hydrogens (tertiary/aromatic N) is 5. The molecule has 3 amide bonds. The Bertz CT molecular complexity index is 569. The molecule has 2 rings (SSSR count). The fourth-order valence-corrected chi connectivity index (χ4v) is 3.04. The van der Waals surface area contributed by atoms with E-state index in [2.05, 4.69) is 21.0 Å². The molecule has 1 aromatic heterocycles. The van der Waals surface area contributed by atoms with Gasteiger partial charge in [-0.05, 0) is 29.8 Å². The molecule has 122 valence electrons. The maximum Gasteiger partial charge on any atom is 0.319 e. The summed E-state index contributed by atoms with van der Waals surface area (Å²) < 4.78 is 2.46. The molecule has 0 atom stereocenters. The predicted octanol–water partition coefficient (Wildman–Crippen LogP) is 1.25. The first-order valence-electron chi connectivity index (χ1n) is 7.15. The molecule has 1 fully saturated rings. The largest absolute Gasteiger partial charge is 0.332 e. The lowest BCUT2D eigenvalue weighted by Gasteiger charge is -2.47. The van der Waals surface area contributed by atoms with Crippen molar-refractivity contribution in [2.75, 3.05) is 33.7 Å². The number of piperazine rings is 1. The van der Waals surface area contributed by atoms with Crippen LogP contribution in [0.25, 0.3) is 0 Å². The first-order chi connectivity index (χ1) is 10.2. The zero-order valence-electron chi connectivity index (χ0n) is 13.4. The highest BCUT2D eigenvalue weighted by Crippen LogP contribution is 2.22. The van der Waals surface area contributed by atoms with Crippen LogP contribution < -0.4 is 0 Å². The van der Waals surface area contributed by atoms with E-state index in [1.54, 1.807) is 41.0 Å². The Morgan fingerprint density at radius 3 is 2.55 bits per heavy atom. The van der Waals surface area contributed by atoms with Crippen molar-refractivity contribution in [3.8, 4) is 0 Å². The highest BCUT2D eigenvalue weighted by molar-refractivity contribution is 9.10. The Hall–Kier alpha value is -1.57. The average molecular weight is 372 g/mol. The molecule has 7 nitrogen and oxygen atoms in total. The standard InChI is InChI=1S/C14H22BrN5O2/c1-14(2)10-18(13(22)17(3)4)5-6-20(14)12(21)9-19-8-11(15)7-16-19/h7-8H,5-6,9-10H2,1-4H3. The predicted molar refractivity (Wildman–Crippen MR) is 86.4 cm³/mol. The van der Waals surface area contributed by atoms with Crippen molar-refractivity contribution >= 4 is 27.9 Å². The number of urea groups is 1. The van der Waals surface area contributed by atoms with E-state index in [0.29, 0.717) is 19.6 Å². The molecule has 0 radical (unpaired) electrons. The lowest BCUT2D eigenvalue weighted by Crippen LogP contribution is -2.63. The van der Waals surface area contributed by atoms with Gasteiger partial charge in [0.1, 0.15) is 6.54 Å². The van der Waals surface area contributed by atoms with Gasteiger partial charge in [0.15, 0.2) is 0 Å². The van der Waals surface area contributed by atoms with Gasteiger partial charge >= 0.3 is 6.03 Å². The maximum atomic E-state index is 12.5. The average Bonchev–Trinajstić information content (AvgIpc) is 2.81. The van der Waals surface area contributed by atoms with Crippen molar-refractivity contribution in [2.24, 2.45) is 0 Å². The van der Waals surface area contributed by atoms with Crippen molar-refractivity contribution in [1.29, 1.82) is 0 Å². The molecule has 0 aliphatic carbocycles. The minimum atomic E-state index is -0.397. The second-order valence-electron chi connectivity index (χ2n) is 6.31. The van der Waals surface area contributed by atoms with Gasteiger partial charge in [-0.1, -0.05) is 0 Å². The van der Waals surface area contributed by atoms with Crippen LogP contribution in [0.1, 0.15) is 13.8 Å². The molecule has 1 saturated heterocycles. The van der Waals surface area contributed by atoms with E-state index in [1.165, 1.54) is 0 Å². The Balaban J connectivity index is 2.03. The maximum absolute atomic E-state index is 12.5. The number of aromatic nitrogens is 2. The molecule has 0 aromatic carbocycles. The normalized spacial score (nSPS) is 17.5. The highest BCUT2D eigenvalue weighted by Gasteiger charge is 2.38. The van der Waals surface area contributed by atoms with Crippen LogP contribution in [-0.2, 0) is 11.3 Å². The number of carbonyl (C=O) groups excluding carboxylic acids is 2. The lowest BCUT2D eigenvalue weighted by atomic mass is 9.98. The molecule has 2 heterocycles. The van der Waals surface area contributed by atoms with Crippen LogP contribution in [-0.4, -0.2) is 75.7 Å². The SMILES string of the molecule is CN(C)C(=O)N1CCN(C(=O)Cn2cc(Br)cn2)C(C)(C)C1. The molecular weight excluding hydrogens is 350 g/mol. The van der Waals surface area contributed by atoms with Gasteiger partial charge in [0.2, 0.25) is 5.91 Å². The van der Waals surface area contributed by atoms with Gasteiger partial charge in [-0.3, -0.25) is 9.48 Å². The van der Waals surface area contributed by atoms with Crippen molar-refractivity contribution in [1.82, 2.24) is 24.5 Å². The topological polar surface area (TPSA) is 61.7 Å². The number of halogens is 1. The van der Waals surface area contributed by atoms with Crippen LogP contribution >= 0.6 is 15.9 Å². The van der Waals surface area contributed by atoms with E-state index >= 15 is 0 Å². The zero-order chi connectivity index (χ0) is 16.5. The molecule has 8 heteroatoms. The van der Waals surface area contributed by atoms with Crippen molar-refractivity contribution < 1.29 is 9.59 Å². The third-order valence-electron chi connectivity index (χ3n) is 3.76. The van der Waals surface area contributed by atoms with Crippen molar-refractivity contribution in [3.05, 3.63) is 16.9 Å². The van der Waals surface area contributed by atoms with E-state index < -0.39 is 5.54 Å². The van der Waals surface area contributed by atoms with Gasteiger partial charge in [-0.25, -0.2) is 4.79 Å². The number of rotatable bonds is 2. The first-order valence-corrected chi connectivity index (χ1v) is 7.94. The van der Waals surface area contributed by atoms with Crippen LogP contribution in [0.3, 0.4) is 0 Å². The van der Waals surface area contributed by atoms with E-state index in [-0.39, 0.29) is 18.5 Å². The molecule has 1 aliphatic heterocycles. The number of carbonyl (C=O) groups is 2. The minimum Gasteiger partial charge on any atom is -0.332 e. The van der Waals surface area contributed by atoms with Gasteiger partial charge < -0.3 is 14.7 Å². The molecule has 0 unspecified atom stereocenters. The van der Waals surface area contributed by atoms with Crippen LogP contribution in [0.2, 0.25) is 0 Å². The summed E-state index contributed by atoms with van der Waals surface area (Å²) in [5, 5.41) is 4.12. The fourth-order valence-electron chi connectivity index (χ4n) is 2.71. The first kappa shape index (κ1) is 16.8. The van der Waals surface area contributed by atoms with Crippen LogP contribution in [0, 0.1) is 0 Å². The van der Waals surface area contributed by atoms with E-state index in [1.807, 2.05) is 18.7 Å².